The lowest BCUT2D eigenvalue weighted by Gasteiger charge is -2.07. The molecule has 0 aromatic carbocycles. The summed E-state index contributed by atoms with van der Waals surface area (Å²) >= 11 is 4.93. The number of rotatable bonds is 4. The smallest absolute Gasteiger partial charge is 0.185 e. The largest absolute Gasteiger partial charge is 0.481 e. The maximum absolute atomic E-state index is 5.24. The third-order valence-electron chi connectivity index (χ3n) is 1.00. The predicted octanol–water partition coefficient (Wildman–Crippen LogP) is 2.25. The van der Waals surface area contributed by atoms with Gasteiger partial charge in [-0.05, 0) is 39.9 Å². The fourth-order valence-electron chi connectivity index (χ4n) is 0.580. The Kier molecular flexibility index (Phi) is 5.72. The molecule has 0 radical (unpaired) electrons. The van der Waals surface area contributed by atoms with Gasteiger partial charge in [-0.1, -0.05) is 0 Å². The Morgan fingerprint density at radius 1 is 1.33 bits per heavy atom. The highest BCUT2D eigenvalue weighted by Crippen LogP contribution is 1.92. The van der Waals surface area contributed by atoms with Crippen LogP contribution < -0.4 is 5.32 Å². The number of hydrogen-bond acceptors (Lipinski definition) is 3. The first-order valence-corrected chi connectivity index (χ1v) is 4.56. The van der Waals surface area contributed by atoms with Gasteiger partial charge in [0, 0.05) is 18.3 Å². The van der Waals surface area contributed by atoms with Gasteiger partial charge in [-0.25, -0.2) is 0 Å². The molecule has 0 saturated heterocycles. The van der Waals surface area contributed by atoms with Crippen LogP contribution in [0, 0.1) is 0 Å². The van der Waals surface area contributed by atoms with E-state index in [1.165, 1.54) is 0 Å². The minimum Gasteiger partial charge on any atom is -0.481 e. The molecule has 0 aliphatic heterocycles. The lowest BCUT2D eigenvalue weighted by molar-refractivity contribution is 0.237. The zero-order valence-corrected chi connectivity index (χ0v) is 8.94. The molecule has 1 N–H and O–H groups in total. The SMILES string of the molecule is CC(C)NC=CC(=S)OC(C)C. The summed E-state index contributed by atoms with van der Waals surface area (Å²) < 4.78 is 5.24. The van der Waals surface area contributed by atoms with Gasteiger partial charge >= 0.3 is 0 Å². The zero-order chi connectivity index (χ0) is 9.56. The van der Waals surface area contributed by atoms with Crippen molar-refractivity contribution in [2.45, 2.75) is 39.8 Å². The van der Waals surface area contributed by atoms with Gasteiger partial charge < -0.3 is 10.1 Å². The lowest BCUT2D eigenvalue weighted by atomic mass is 10.4. The van der Waals surface area contributed by atoms with Crippen molar-refractivity contribution in [1.82, 2.24) is 5.32 Å². The first kappa shape index (κ1) is 11.4. The van der Waals surface area contributed by atoms with Gasteiger partial charge in [0.2, 0.25) is 0 Å². The lowest BCUT2D eigenvalue weighted by Crippen LogP contribution is -2.16. The Balaban J connectivity index is 3.61. The molecule has 70 valence electrons. The van der Waals surface area contributed by atoms with Crippen molar-refractivity contribution in [2.24, 2.45) is 0 Å². The van der Waals surface area contributed by atoms with Crippen LogP contribution in [0.4, 0.5) is 0 Å². The molecule has 0 rings (SSSR count). The number of nitrogens with one attached hydrogen (secondary N) is 1. The molecule has 0 amide bonds. The first-order valence-electron chi connectivity index (χ1n) is 4.15. The summed E-state index contributed by atoms with van der Waals surface area (Å²) in [7, 11) is 0. The molecule has 2 nitrogen and oxygen atoms in total. The highest BCUT2D eigenvalue weighted by atomic mass is 32.1. The van der Waals surface area contributed by atoms with E-state index in [2.05, 4.69) is 19.2 Å². The van der Waals surface area contributed by atoms with Gasteiger partial charge in [-0.2, -0.15) is 0 Å². The topological polar surface area (TPSA) is 21.3 Å². The molecule has 0 aliphatic carbocycles. The van der Waals surface area contributed by atoms with Crippen LogP contribution in [0.25, 0.3) is 0 Å². The van der Waals surface area contributed by atoms with Gasteiger partial charge in [0.25, 0.3) is 0 Å². The van der Waals surface area contributed by atoms with E-state index in [1.54, 1.807) is 6.08 Å². The third kappa shape index (κ3) is 7.54. The minimum atomic E-state index is 0.154. The fourth-order valence-corrected chi connectivity index (χ4v) is 0.841. The second-order valence-corrected chi connectivity index (χ2v) is 3.54. The van der Waals surface area contributed by atoms with Gasteiger partial charge in [0.15, 0.2) is 5.05 Å². The summed E-state index contributed by atoms with van der Waals surface area (Å²) in [5, 5.41) is 3.63. The maximum Gasteiger partial charge on any atom is 0.185 e. The molecule has 12 heavy (non-hydrogen) atoms. The van der Waals surface area contributed by atoms with Crippen molar-refractivity contribution in [2.75, 3.05) is 0 Å². The second kappa shape index (κ2) is 6.00. The highest BCUT2D eigenvalue weighted by Gasteiger charge is 1.94. The molecule has 0 spiro atoms. The van der Waals surface area contributed by atoms with E-state index in [0.717, 1.165) is 0 Å². The predicted molar refractivity (Wildman–Crippen MR) is 56.2 cm³/mol. The first-order chi connectivity index (χ1) is 5.52. The van der Waals surface area contributed by atoms with Crippen molar-refractivity contribution in [3.8, 4) is 0 Å². The Hall–Kier alpha value is -0.570. The van der Waals surface area contributed by atoms with Crippen LogP contribution in [0.3, 0.4) is 0 Å². The monoisotopic (exact) mass is 187 g/mol. The van der Waals surface area contributed by atoms with E-state index in [-0.39, 0.29) is 6.10 Å². The van der Waals surface area contributed by atoms with Gasteiger partial charge in [0.05, 0.1) is 6.10 Å². The van der Waals surface area contributed by atoms with E-state index >= 15 is 0 Å². The van der Waals surface area contributed by atoms with Crippen molar-refractivity contribution in [1.29, 1.82) is 0 Å². The maximum atomic E-state index is 5.24. The van der Waals surface area contributed by atoms with Gasteiger partial charge in [-0.3, -0.25) is 0 Å². The third-order valence-corrected chi connectivity index (χ3v) is 1.23. The highest BCUT2D eigenvalue weighted by molar-refractivity contribution is 7.80. The van der Waals surface area contributed by atoms with Crippen LogP contribution in [0.1, 0.15) is 27.7 Å². The molecule has 0 bridgehead atoms. The van der Waals surface area contributed by atoms with Crippen LogP contribution in [-0.4, -0.2) is 17.2 Å². The van der Waals surface area contributed by atoms with Crippen LogP contribution in [0.5, 0.6) is 0 Å². The summed E-state index contributed by atoms with van der Waals surface area (Å²) in [5.74, 6) is 0. The molecule has 0 aromatic heterocycles. The van der Waals surface area contributed by atoms with Crippen molar-refractivity contribution in [3.05, 3.63) is 12.3 Å². The van der Waals surface area contributed by atoms with Crippen LogP contribution in [-0.2, 0) is 4.74 Å². The minimum absolute atomic E-state index is 0.154. The molecule has 0 aliphatic rings. The van der Waals surface area contributed by atoms with Gasteiger partial charge in [0.1, 0.15) is 0 Å². The van der Waals surface area contributed by atoms with Crippen LogP contribution in [0.2, 0.25) is 0 Å². The molecule has 0 unspecified atom stereocenters. The standard InChI is InChI=1S/C9H17NOS/c1-7(2)10-6-5-9(12)11-8(3)4/h5-8,10H,1-4H3. The summed E-state index contributed by atoms with van der Waals surface area (Å²) in [4.78, 5) is 0. The summed E-state index contributed by atoms with van der Waals surface area (Å²) in [5.41, 5.74) is 0. The van der Waals surface area contributed by atoms with Crippen LogP contribution in [0.15, 0.2) is 12.3 Å². The van der Waals surface area contributed by atoms with Gasteiger partial charge in [-0.15, -0.1) is 0 Å². The van der Waals surface area contributed by atoms with E-state index in [0.29, 0.717) is 11.1 Å². The number of ether oxygens (including phenoxy) is 1. The average Bonchev–Trinajstić information content (AvgIpc) is 1.84. The Morgan fingerprint density at radius 3 is 2.33 bits per heavy atom. The summed E-state index contributed by atoms with van der Waals surface area (Å²) in [6, 6.07) is 0.433. The summed E-state index contributed by atoms with van der Waals surface area (Å²) in [6.07, 6.45) is 3.73. The number of hydrogen-bond donors (Lipinski definition) is 1. The Morgan fingerprint density at radius 2 is 1.92 bits per heavy atom. The molecule has 0 atom stereocenters. The molecular weight excluding hydrogens is 170 g/mol. The number of thiocarbonyl (C=S) groups is 1. The second-order valence-electron chi connectivity index (χ2n) is 3.14. The average molecular weight is 187 g/mol. The van der Waals surface area contributed by atoms with Crippen molar-refractivity contribution in [3.63, 3.8) is 0 Å². The van der Waals surface area contributed by atoms with Crippen molar-refractivity contribution >= 4 is 17.3 Å². The molecule has 0 fully saturated rings. The molecule has 0 aromatic rings. The van der Waals surface area contributed by atoms with E-state index in [9.17, 15) is 0 Å². The van der Waals surface area contributed by atoms with E-state index in [4.69, 9.17) is 17.0 Å². The van der Waals surface area contributed by atoms with Crippen LogP contribution >= 0.6 is 12.2 Å². The quantitative estimate of drug-likeness (QED) is 0.539. The Bertz CT molecular complexity index is 164. The molecule has 0 heterocycles. The summed E-state index contributed by atoms with van der Waals surface area (Å²) in [6.45, 7) is 8.04. The fraction of sp³-hybridized carbons (Fsp3) is 0.667. The molecule has 3 heteroatoms. The molecule has 0 saturated carbocycles. The zero-order valence-electron chi connectivity index (χ0n) is 8.13. The normalized spacial score (nSPS) is 11.2. The van der Waals surface area contributed by atoms with E-state index < -0.39 is 0 Å². The molecular formula is C9H17NOS. The Labute approximate surface area is 80.0 Å². The van der Waals surface area contributed by atoms with E-state index in [1.807, 2.05) is 20.0 Å². The van der Waals surface area contributed by atoms with Crippen molar-refractivity contribution < 1.29 is 4.74 Å².